The van der Waals surface area contributed by atoms with Crippen LogP contribution >= 0.6 is 34.0 Å². The van der Waals surface area contributed by atoms with Crippen molar-refractivity contribution in [1.82, 2.24) is 14.7 Å². The minimum atomic E-state index is 0. The second-order valence-corrected chi connectivity index (χ2v) is 6.07. The Morgan fingerprint density at radius 3 is 2.14 bits per heavy atom. The van der Waals surface area contributed by atoms with Gasteiger partial charge in [-0.15, -0.1) is 34.0 Å². The van der Waals surface area contributed by atoms with Crippen LogP contribution in [0.3, 0.4) is 0 Å². The summed E-state index contributed by atoms with van der Waals surface area (Å²) in [6.07, 6.45) is 2.01. The largest absolute Gasteiger partial charge is 0.330 e. The first-order valence-corrected chi connectivity index (χ1v) is 7.01. The number of urea groups is 1. The van der Waals surface area contributed by atoms with E-state index in [-0.39, 0.29) is 40.0 Å². The highest BCUT2D eigenvalue weighted by Crippen LogP contribution is 2.21. The van der Waals surface area contributed by atoms with Crippen LogP contribution in [0.4, 0.5) is 4.79 Å². The fraction of sp³-hybridized carbons (Fsp3) is 0.857. The van der Waals surface area contributed by atoms with E-state index in [9.17, 15) is 4.79 Å². The molecule has 1 heterocycles. The number of amides is 2. The molecule has 0 fully saturated rings. The SMILES string of the molecule is Br.Br.CC1CC(N(CCN(C)C)C(=O)N(C)C)=NC(C)C1. The molecule has 2 amide bonds. The van der Waals surface area contributed by atoms with E-state index in [1.165, 1.54) is 0 Å². The predicted molar refractivity (Wildman–Crippen MR) is 100 cm³/mol. The van der Waals surface area contributed by atoms with Gasteiger partial charge in [-0.2, -0.15) is 0 Å². The topological polar surface area (TPSA) is 39.1 Å². The maximum absolute atomic E-state index is 12.3. The number of carbonyl (C=O) groups is 1. The summed E-state index contributed by atoms with van der Waals surface area (Å²) >= 11 is 0. The van der Waals surface area contributed by atoms with E-state index in [1.54, 1.807) is 19.0 Å². The van der Waals surface area contributed by atoms with Crippen LogP contribution < -0.4 is 0 Å². The fourth-order valence-electron chi connectivity index (χ4n) is 2.39. The molecule has 0 aliphatic carbocycles. The van der Waals surface area contributed by atoms with Gasteiger partial charge in [0.05, 0.1) is 0 Å². The first-order valence-electron chi connectivity index (χ1n) is 7.01. The predicted octanol–water partition coefficient (Wildman–Crippen LogP) is 2.90. The first-order chi connectivity index (χ1) is 8.81. The molecule has 0 aromatic rings. The summed E-state index contributed by atoms with van der Waals surface area (Å²) < 4.78 is 0. The van der Waals surface area contributed by atoms with Gasteiger partial charge in [-0.25, -0.2) is 4.79 Å². The number of halogens is 2. The molecule has 0 radical (unpaired) electrons. The number of aliphatic imine (C=N–C) groups is 1. The number of carbonyl (C=O) groups excluding carboxylic acids is 1. The zero-order chi connectivity index (χ0) is 14.6. The molecule has 7 heteroatoms. The molecule has 0 saturated heterocycles. The number of rotatable bonds is 3. The van der Waals surface area contributed by atoms with Gasteiger partial charge in [0.25, 0.3) is 0 Å². The molecule has 5 nitrogen and oxygen atoms in total. The van der Waals surface area contributed by atoms with Gasteiger partial charge in [0, 0.05) is 39.6 Å². The quantitative estimate of drug-likeness (QED) is 0.691. The number of hydrogen-bond donors (Lipinski definition) is 0. The average Bonchev–Trinajstić information content (AvgIpc) is 2.27. The van der Waals surface area contributed by atoms with Gasteiger partial charge in [0.1, 0.15) is 5.84 Å². The van der Waals surface area contributed by atoms with Crippen molar-refractivity contribution in [2.24, 2.45) is 10.9 Å². The Kier molecular flexibility index (Phi) is 11.6. The van der Waals surface area contributed by atoms with E-state index in [0.717, 1.165) is 25.2 Å². The maximum Gasteiger partial charge on any atom is 0.324 e. The average molecular weight is 430 g/mol. The minimum Gasteiger partial charge on any atom is -0.330 e. The van der Waals surface area contributed by atoms with Crippen molar-refractivity contribution in [2.45, 2.75) is 32.7 Å². The summed E-state index contributed by atoms with van der Waals surface area (Å²) in [5.74, 6) is 1.55. The number of likely N-dealkylation sites (N-methyl/N-ethyl adjacent to an activating group) is 1. The van der Waals surface area contributed by atoms with Crippen LogP contribution in [0.15, 0.2) is 4.99 Å². The fourth-order valence-corrected chi connectivity index (χ4v) is 2.39. The van der Waals surface area contributed by atoms with Crippen molar-refractivity contribution in [1.29, 1.82) is 0 Å². The third-order valence-electron chi connectivity index (χ3n) is 3.34. The lowest BCUT2D eigenvalue weighted by Gasteiger charge is -2.33. The Hall–Kier alpha value is -0.140. The molecule has 0 aromatic carbocycles. The summed E-state index contributed by atoms with van der Waals surface area (Å²) in [7, 11) is 7.63. The van der Waals surface area contributed by atoms with E-state index >= 15 is 0 Å². The molecule has 0 spiro atoms. The van der Waals surface area contributed by atoms with Crippen LogP contribution in [0, 0.1) is 5.92 Å². The molecule has 1 aliphatic rings. The van der Waals surface area contributed by atoms with Gasteiger partial charge in [0.2, 0.25) is 0 Å². The van der Waals surface area contributed by atoms with Crippen LogP contribution in [-0.2, 0) is 0 Å². The smallest absolute Gasteiger partial charge is 0.324 e. The third kappa shape index (κ3) is 7.61. The van der Waals surface area contributed by atoms with E-state index < -0.39 is 0 Å². The molecule has 1 rings (SSSR count). The van der Waals surface area contributed by atoms with E-state index in [4.69, 9.17) is 4.99 Å². The Morgan fingerprint density at radius 2 is 1.71 bits per heavy atom. The van der Waals surface area contributed by atoms with E-state index in [2.05, 4.69) is 18.7 Å². The lowest BCUT2D eigenvalue weighted by atomic mass is 9.95. The number of nitrogens with zero attached hydrogens (tertiary/aromatic N) is 4. The lowest BCUT2D eigenvalue weighted by molar-refractivity contribution is 0.189. The Balaban J connectivity index is 0. The molecule has 1 aliphatic heterocycles. The second kappa shape index (κ2) is 10.6. The van der Waals surface area contributed by atoms with Crippen LogP contribution in [0.2, 0.25) is 0 Å². The van der Waals surface area contributed by atoms with E-state index in [1.807, 2.05) is 19.0 Å². The lowest BCUT2D eigenvalue weighted by Crippen LogP contribution is -2.47. The summed E-state index contributed by atoms with van der Waals surface area (Å²) in [5.41, 5.74) is 0. The van der Waals surface area contributed by atoms with Gasteiger partial charge in [0.15, 0.2) is 0 Å². The molecule has 126 valence electrons. The van der Waals surface area contributed by atoms with Crippen molar-refractivity contribution >= 4 is 45.8 Å². The van der Waals surface area contributed by atoms with Gasteiger partial charge in [-0.3, -0.25) is 9.89 Å². The van der Waals surface area contributed by atoms with Crippen molar-refractivity contribution in [3.63, 3.8) is 0 Å². The molecule has 2 atom stereocenters. The molecule has 0 aromatic heterocycles. The maximum atomic E-state index is 12.3. The summed E-state index contributed by atoms with van der Waals surface area (Å²) in [6.45, 7) is 5.90. The molecule has 0 saturated carbocycles. The van der Waals surface area contributed by atoms with Gasteiger partial charge < -0.3 is 9.80 Å². The van der Waals surface area contributed by atoms with Crippen molar-refractivity contribution < 1.29 is 4.79 Å². The van der Waals surface area contributed by atoms with Crippen LogP contribution in [0.5, 0.6) is 0 Å². The number of hydrogen-bond acceptors (Lipinski definition) is 3. The van der Waals surface area contributed by atoms with Crippen molar-refractivity contribution in [3.8, 4) is 0 Å². The molecule has 0 N–H and O–H groups in total. The molecule has 0 bridgehead atoms. The first kappa shape index (κ1) is 23.1. The van der Waals surface area contributed by atoms with Crippen LogP contribution in [0.25, 0.3) is 0 Å². The summed E-state index contributed by atoms with van der Waals surface area (Å²) in [6, 6.07) is 0.345. The highest BCUT2D eigenvalue weighted by molar-refractivity contribution is 8.93. The highest BCUT2D eigenvalue weighted by atomic mass is 79.9. The Morgan fingerprint density at radius 1 is 1.14 bits per heavy atom. The molecular formula is C14H30Br2N4O. The van der Waals surface area contributed by atoms with Gasteiger partial charge >= 0.3 is 6.03 Å². The standard InChI is InChI=1S/C14H28N4O.2BrH/c1-11-9-12(2)15-13(10-11)18(8-7-16(3)4)14(19)17(5)6;;/h11-12H,7-10H2,1-6H3;2*1H. The van der Waals surface area contributed by atoms with Crippen molar-refractivity contribution in [3.05, 3.63) is 0 Å². The molecule has 2 unspecified atom stereocenters. The van der Waals surface area contributed by atoms with Gasteiger partial charge in [-0.05, 0) is 33.4 Å². The van der Waals surface area contributed by atoms with Crippen LogP contribution in [-0.4, -0.2) is 73.9 Å². The van der Waals surface area contributed by atoms with Crippen LogP contribution in [0.1, 0.15) is 26.7 Å². The second-order valence-electron chi connectivity index (χ2n) is 6.07. The third-order valence-corrected chi connectivity index (χ3v) is 3.34. The van der Waals surface area contributed by atoms with Crippen molar-refractivity contribution in [2.75, 3.05) is 41.3 Å². The normalized spacial score (nSPS) is 21.0. The Bertz CT molecular complexity index is 348. The monoisotopic (exact) mass is 428 g/mol. The van der Waals surface area contributed by atoms with Gasteiger partial charge in [-0.1, -0.05) is 6.92 Å². The Labute approximate surface area is 150 Å². The number of amidine groups is 1. The van der Waals surface area contributed by atoms with E-state index in [0.29, 0.717) is 18.5 Å². The zero-order valence-electron chi connectivity index (χ0n) is 14.0. The molecular weight excluding hydrogens is 400 g/mol. The highest BCUT2D eigenvalue weighted by Gasteiger charge is 2.26. The summed E-state index contributed by atoms with van der Waals surface area (Å²) in [5, 5.41) is 0. The summed E-state index contributed by atoms with van der Waals surface area (Å²) in [4.78, 5) is 22.6. The minimum absolute atomic E-state index is 0. The zero-order valence-corrected chi connectivity index (χ0v) is 17.4. The molecule has 21 heavy (non-hydrogen) atoms.